The van der Waals surface area contributed by atoms with E-state index in [1.165, 1.54) is 11.8 Å². The zero-order valence-corrected chi connectivity index (χ0v) is 14.6. The van der Waals surface area contributed by atoms with Gasteiger partial charge >= 0.3 is 12.3 Å². The van der Waals surface area contributed by atoms with Crippen molar-refractivity contribution in [3.8, 4) is 10.7 Å². The van der Waals surface area contributed by atoms with Gasteiger partial charge in [-0.25, -0.2) is 4.79 Å². The highest BCUT2D eigenvalue weighted by molar-refractivity contribution is 7.99. The van der Waals surface area contributed by atoms with Crippen molar-refractivity contribution in [2.75, 3.05) is 18.9 Å². The largest absolute Gasteiger partial charge is 0.440 e. The van der Waals surface area contributed by atoms with E-state index in [1.807, 2.05) is 17.5 Å². The molecule has 0 radical (unpaired) electrons. The summed E-state index contributed by atoms with van der Waals surface area (Å²) in [7, 11) is 0. The highest BCUT2D eigenvalue weighted by Crippen LogP contribution is 2.41. The normalized spacial score (nSPS) is 14.5. The molecule has 0 bridgehead atoms. The van der Waals surface area contributed by atoms with Gasteiger partial charge in [-0.05, 0) is 24.3 Å². The highest BCUT2D eigenvalue weighted by atomic mass is 32.2. The number of carbonyl (C=O) groups excluding carboxylic acids is 1. The summed E-state index contributed by atoms with van der Waals surface area (Å²) in [5, 5.41) is 13.5. The first-order valence-corrected chi connectivity index (χ1v) is 9.39. The van der Waals surface area contributed by atoms with E-state index < -0.39 is 18.9 Å². The number of ether oxygens (including phenoxy) is 1. The van der Waals surface area contributed by atoms with E-state index in [2.05, 4.69) is 24.8 Å². The fourth-order valence-corrected chi connectivity index (χ4v) is 3.67. The van der Waals surface area contributed by atoms with Gasteiger partial charge in [0.25, 0.3) is 0 Å². The van der Waals surface area contributed by atoms with Crippen LogP contribution in [0.2, 0.25) is 0 Å². The fraction of sp³-hybridized carbons (Fsp3) is 0.500. The number of hydrogen-bond donors (Lipinski definition) is 1. The van der Waals surface area contributed by atoms with Crippen molar-refractivity contribution in [3.05, 3.63) is 17.5 Å². The zero-order chi connectivity index (χ0) is 17.9. The molecule has 1 saturated carbocycles. The molecule has 2 aromatic heterocycles. The number of nitrogens with zero attached hydrogens (tertiary/aromatic N) is 3. The lowest BCUT2D eigenvalue weighted by molar-refractivity contribution is -0.160. The van der Waals surface area contributed by atoms with Crippen molar-refractivity contribution in [1.29, 1.82) is 0 Å². The lowest BCUT2D eigenvalue weighted by Crippen LogP contribution is -2.30. The summed E-state index contributed by atoms with van der Waals surface area (Å²) in [6.45, 7) is -1.42. The molecule has 2 heterocycles. The van der Waals surface area contributed by atoms with E-state index >= 15 is 0 Å². The molecule has 1 fully saturated rings. The van der Waals surface area contributed by atoms with Crippen molar-refractivity contribution in [2.24, 2.45) is 0 Å². The maximum Gasteiger partial charge on any atom is 0.422 e. The Labute approximate surface area is 149 Å². The molecule has 2 aromatic rings. The second-order valence-corrected chi connectivity index (χ2v) is 7.36. The predicted molar refractivity (Wildman–Crippen MR) is 87.7 cm³/mol. The van der Waals surface area contributed by atoms with Crippen molar-refractivity contribution < 1.29 is 22.7 Å². The number of halogens is 3. The number of aromatic nitrogens is 3. The van der Waals surface area contributed by atoms with Gasteiger partial charge in [0.1, 0.15) is 0 Å². The minimum atomic E-state index is -4.52. The van der Waals surface area contributed by atoms with E-state index in [4.69, 9.17) is 0 Å². The van der Waals surface area contributed by atoms with Crippen LogP contribution >= 0.6 is 23.1 Å². The molecule has 1 N–H and O–H groups in total. The van der Waals surface area contributed by atoms with E-state index in [1.54, 1.807) is 11.3 Å². The summed E-state index contributed by atoms with van der Waals surface area (Å²) in [5.74, 6) is 1.29. The van der Waals surface area contributed by atoms with Crippen LogP contribution < -0.4 is 5.32 Å². The lowest BCUT2D eigenvalue weighted by Gasteiger charge is -2.09. The van der Waals surface area contributed by atoms with Crippen molar-refractivity contribution in [3.63, 3.8) is 0 Å². The molecule has 0 saturated heterocycles. The molecule has 1 aliphatic rings. The number of hydrogen-bond acceptors (Lipinski definition) is 6. The maximum atomic E-state index is 11.9. The molecule has 0 unspecified atom stereocenters. The summed E-state index contributed by atoms with van der Waals surface area (Å²) in [5.41, 5.74) is 0. The first-order chi connectivity index (χ1) is 11.9. The van der Waals surface area contributed by atoms with Gasteiger partial charge in [0.05, 0.1) is 4.88 Å². The zero-order valence-electron chi connectivity index (χ0n) is 13.0. The summed E-state index contributed by atoms with van der Waals surface area (Å²) in [6.07, 6.45) is -3.45. The SMILES string of the molecule is O=C(NCCSc1nnc(-c2cccs2)n1C1CC1)OCC(F)(F)F. The Balaban J connectivity index is 1.50. The van der Waals surface area contributed by atoms with Crippen molar-refractivity contribution in [1.82, 2.24) is 20.1 Å². The number of amides is 1. The van der Waals surface area contributed by atoms with Gasteiger partial charge in [-0.3, -0.25) is 4.57 Å². The molecule has 6 nitrogen and oxygen atoms in total. The quantitative estimate of drug-likeness (QED) is 0.575. The van der Waals surface area contributed by atoms with Crippen LogP contribution in [-0.2, 0) is 4.74 Å². The second-order valence-electron chi connectivity index (χ2n) is 5.35. The molecule has 1 aliphatic carbocycles. The number of thiophene rings is 1. The van der Waals surface area contributed by atoms with E-state index in [9.17, 15) is 18.0 Å². The van der Waals surface area contributed by atoms with E-state index in [0.717, 1.165) is 28.7 Å². The lowest BCUT2D eigenvalue weighted by atomic mass is 10.4. The molecular formula is C14H15F3N4O2S2. The van der Waals surface area contributed by atoms with Gasteiger partial charge in [0.2, 0.25) is 0 Å². The first kappa shape index (κ1) is 18.1. The van der Waals surface area contributed by atoms with E-state index in [-0.39, 0.29) is 6.54 Å². The Morgan fingerprint density at radius 1 is 1.44 bits per heavy atom. The van der Waals surface area contributed by atoms with Gasteiger partial charge in [0.15, 0.2) is 17.6 Å². The van der Waals surface area contributed by atoms with Crippen molar-refractivity contribution >= 4 is 29.2 Å². The van der Waals surface area contributed by atoms with Gasteiger partial charge in [-0.15, -0.1) is 21.5 Å². The fourth-order valence-electron chi connectivity index (χ4n) is 2.10. The maximum absolute atomic E-state index is 11.9. The van der Waals surface area contributed by atoms with Crippen LogP contribution in [0, 0.1) is 0 Å². The molecule has 0 aliphatic heterocycles. The van der Waals surface area contributed by atoms with Crippen LogP contribution in [0.5, 0.6) is 0 Å². The number of nitrogens with one attached hydrogen (secondary N) is 1. The minimum Gasteiger partial charge on any atom is -0.440 e. The monoisotopic (exact) mass is 392 g/mol. The standard InChI is InChI=1S/C14H15F3N4O2S2/c15-14(16,17)8-23-13(22)18-5-7-25-12-20-19-11(10-2-1-6-24-10)21(12)9-3-4-9/h1-2,6,9H,3-5,7-8H2,(H,18,22). The van der Waals surface area contributed by atoms with Crippen LogP contribution in [0.3, 0.4) is 0 Å². The Morgan fingerprint density at radius 3 is 2.88 bits per heavy atom. The Bertz CT molecular complexity index is 714. The molecule has 1 amide bonds. The van der Waals surface area contributed by atoms with Gasteiger partial charge in [0, 0.05) is 18.3 Å². The van der Waals surface area contributed by atoms with Gasteiger partial charge in [-0.1, -0.05) is 17.8 Å². The predicted octanol–water partition coefficient (Wildman–Crippen LogP) is 3.72. The van der Waals surface area contributed by atoms with Crippen LogP contribution in [0.4, 0.5) is 18.0 Å². The van der Waals surface area contributed by atoms with E-state index in [0.29, 0.717) is 11.8 Å². The molecule has 0 aromatic carbocycles. The third-order valence-electron chi connectivity index (χ3n) is 3.29. The molecule has 0 atom stereocenters. The number of carbonyl (C=O) groups is 1. The topological polar surface area (TPSA) is 69.0 Å². The average molecular weight is 392 g/mol. The Hall–Kier alpha value is -1.75. The second kappa shape index (κ2) is 7.65. The van der Waals surface area contributed by atoms with Crippen molar-refractivity contribution in [2.45, 2.75) is 30.2 Å². The average Bonchev–Trinajstić information content (AvgIpc) is 3.08. The van der Waals surface area contributed by atoms with Crippen LogP contribution in [-0.4, -0.2) is 45.9 Å². The minimum absolute atomic E-state index is 0.174. The molecule has 25 heavy (non-hydrogen) atoms. The number of rotatable bonds is 7. The summed E-state index contributed by atoms with van der Waals surface area (Å²) in [6, 6.07) is 4.33. The number of alkyl halides is 3. The van der Waals surface area contributed by atoms with Crippen LogP contribution in [0.1, 0.15) is 18.9 Å². The third-order valence-corrected chi connectivity index (χ3v) is 5.10. The summed E-state index contributed by atoms with van der Waals surface area (Å²) >= 11 is 2.99. The first-order valence-electron chi connectivity index (χ1n) is 7.53. The van der Waals surface area contributed by atoms with Gasteiger partial charge in [-0.2, -0.15) is 13.2 Å². The Morgan fingerprint density at radius 2 is 2.24 bits per heavy atom. The number of alkyl carbamates (subject to hydrolysis) is 1. The smallest absolute Gasteiger partial charge is 0.422 e. The molecular weight excluding hydrogens is 377 g/mol. The molecule has 11 heteroatoms. The summed E-state index contributed by atoms with van der Waals surface area (Å²) in [4.78, 5) is 12.2. The van der Waals surface area contributed by atoms with Gasteiger partial charge < -0.3 is 10.1 Å². The van der Waals surface area contributed by atoms with Crippen LogP contribution in [0.25, 0.3) is 10.7 Å². The van der Waals surface area contributed by atoms with Crippen LogP contribution in [0.15, 0.2) is 22.7 Å². The summed E-state index contributed by atoms with van der Waals surface area (Å²) < 4.78 is 42.0. The molecule has 3 rings (SSSR count). The molecule has 136 valence electrons. The Kier molecular flexibility index (Phi) is 5.52. The third kappa shape index (κ3) is 5.11. The number of thioether (sulfide) groups is 1. The molecule has 0 spiro atoms. The highest BCUT2D eigenvalue weighted by Gasteiger charge is 2.31.